The molecule has 0 bridgehead atoms. The van der Waals surface area contributed by atoms with E-state index in [0.29, 0.717) is 10.0 Å². The number of nitrogens with one attached hydrogen (secondary N) is 1. The quantitative estimate of drug-likeness (QED) is 0.474. The van der Waals surface area contributed by atoms with Gasteiger partial charge >= 0.3 is 0 Å². The van der Waals surface area contributed by atoms with Crippen molar-refractivity contribution in [3.63, 3.8) is 0 Å². The molecule has 4 N–H and O–H groups in total. The first-order valence-electron chi connectivity index (χ1n) is 3.64. The number of phenolic OH excluding ortho intramolecular Hbond substituents is 2. The van der Waals surface area contributed by atoms with Crippen molar-refractivity contribution in [1.82, 2.24) is 5.48 Å². The van der Waals surface area contributed by atoms with Gasteiger partial charge in [-0.25, -0.2) is 5.48 Å². The van der Waals surface area contributed by atoms with Crippen molar-refractivity contribution < 1.29 is 15.4 Å². The third kappa shape index (κ3) is 1.93. The van der Waals surface area contributed by atoms with Crippen LogP contribution in [0, 0.1) is 6.92 Å². The van der Waals surface area contributed by atoms with Crippen LogP contribution >= 0.6 is 15.9 Å². The van der Waals surface area contributed by atoms with Gasteiger partial charge in [-0.2, -0.15) is 0 Å². The molecule has 0 atom stereocenters. The van der Waals surface area contributed by atoms with Crippen molar-refractivity contribution >= 4 is 15.9 Å². The first-order valence-corrected chi connectivity index (χ1v) is 4.44. The highest BCUT2D eigenvalue weighted by atomic mass is 79.9. The molecule has 0 aromatic heterocycles. The van der Waals surface area contributed by atoms with Gasteiger partial charge in [-0.1, -0.05) is 0 Å². The Hall–Kier alpha value is -0.780. The van der Waals surface area contributed by atoms with Crippen molar-refractivity contribution in [2.24, 2.45) is 0 Å². The second kappa shape index (κ2) is 3.95. The number of aryl methyl sites for hydroxylation is 1. The van der Waals surface area contributed by atoms with E-state index < -0.39 is 0 Å². The summed E-state index contributed by atoms with van der Waals surface area (Å²) < 4.78 is 0.395. The van der Waals surface area contributed by atoms with Gasteiger partial charge in [0.15, 0.2) is 11.5 Å². The lowest BCUT2D eigenvalue weighted by atomic mass is 10.1. The van der Waals surface area contributed by atoms with Gasteiger partial charge in [0.1, 0.15) is 0 Å². The summed E-state index contributed by atoms with van der Waals surface area (Å²) in [6, 6.07) is 1.44. The molecule has 5 heteroatoms. The SMILES string of the molecule is Cc1cc(O)c(O)c(Br)c1CNO. The van der Waals surface area contributed by atoms with Crippen molar-refractivity contribution in [3.05, 3.63) is 21.7 Å². The minimum Gasteiger partial charge on any atom is -0.504 e. The number of hydrogen-bond donors (Lipinski definition) is 4. The summed E-state index contributed by atoms with van der Waals surface area (Å²) in [4.78, 5) is 0. The summed E-state index contributed by atoms with van der Waals surface area (Å²) in [6.07, 6.45) is 0. The molecule has 4 nitrogen and oxygen atoms in total. The second-order valence-corrected chi connectivity index (χ2v) is 3.48. The lowest BCUT2D eigenvalue weighted by Gasteiger charge is -2.10. The summed E-state index contributed by atoms with van der Waals surface area (Å²) in [6.45, 7) is 1.98. The molecule has 0 aliphatic heterocycles. The molecule has 1 rings (SSSR count). The largest absolute Gasteiger partial charge is 0.504 e. The lowest BCUT2D eigenvalue weighted by molar-refractivity contribution is 0.160. The zero-order chi connectivity index (χ0) is 10.0. The van der Waals surface area contributed by atoms with Crippen LogP contribution in [0.2, 0.25) is 0 Å². The number of aromatic hydroxyl groups is 2. The predicted octanol–water partition coefficient (Wildman–Crippen LogP) is 1.65. The van der Waals surface area contributed by atoms with Crippen LogP contribution in [-0.4, -0.2) is 15.4 Å². The Morgan fingerprint density at radius 2 is 2.08 bits per heavy atom. The van der Waals surface area contributed by atoms with E-state index in [-0.39, 0.29) is 18.0 Å². The van der Waals surface area contributed by atoms with E-state index in [1.807, 2.05) is 5.48 Å². The van der Waals surface area contributed by atoms with E-state index in [2.05, 4.69) is 15.9 Å². The fraction of sp³-hybridized carbons (Fsp3) is 0.250. The van der Waals surface area contributed by atoms with Crippen LogP contribution in [0.4, 0.5) is 0 Å². The van der Waals surface area contributed by atoms with E-state index in [1.165, 1.54) is 6.07 Å². The molecule has 0 amide bonds. The van der Waals surface area contributed by atoms with Crippen LogP contribution in [0.25, 0.3) is 0 Å². The van der Waals surface area contributed by atoms with E-state index in [0.717, 1.165) is 5.56 Å². The fourth-order valence-electron chi connectivity index (χ4n) is 1.09. The lowest BCUT2D eigenvalue weighted by Crippen LogP contribution is -2.08. The molecule has 1 aromatic rings. The van der Waals surface area contributed by atoms with Gasteiger partial charge in [-0.3, -0.25) is 0 Å². The van der Waals surface area contributed by atoms with Crippen molar-refractivity contribution in [2.45, 2.75) is 13.5 Å². The molecule has 0 radical (unpaired) electrons. The highest BCUT2D eigenvalue weighted by Crippen LogP contribution is 2.37. The standard InChI is InChI=1S/C8H10BrNO3/c1-4-2-6(11)8(12)7(9)5(4)3-10-13/h2,10-13H,3H2,1H3. The number of hydroxylamine groups is 1. The maximum absolute atomic E-state index is 9.33. The predicted molar refractivity (Wildman–Crippen MR) is 50.8 cm³/mol. The number of hydrogen-bond acceptors (Lipinski definition) is 4. The molecular formula is C8H10BrNO3. The highest BCUT2D eigenvalue weighted by Gasteiger charge is 2.12. The van der Waals surface area contributed by atoms with Gasteiger partial charge in [0.05, 0.1) is 4.47 Å². The molecule has 0 saturated heterocycles. The normalized spacial score (nSPS) is 10.4. The van der Waals surface area contributed by atoms with Crippen LogP contribution in [-0.2, 0) is 6.54 Å². The Balaban J connectivity index is 3.26. The van der Waals surface area contributed by atoms with Gasteiger partial charge in [0, 0.05) is 6.54 Å². The number of halogens is 1. The Labute approximate surface area is 83.9 Å². The molecule has 0 aliphatic rings. The molecule has 0 unspecified atom stereocenters. The molecule has 13 heavy (non-hydrogen) atoms. The van der Waals surface area contributed by atoms with Crippen LogP contribution in [0.3, 0.4) is 0 Å². The molecule has 0 spiro atoms. The maximum Gasteiger partial charge on any atom is 0.172 e. The van der Waals surface area contributed by atoms with E-state index in [9.17, 15) is 10.2 Å². The van der Waals surface area contributed by atoms with Gasteiger partial charge < -0.3 is 15.4 Å². The molecule has 0 fully saturated rings. The topological polar surface area (TPSA) is 72.7 Å². The molecule has 0 heterocycles. The van der Waals surface area contributed by atoms with Crippen molar-refractivity contribution in [2.75, 3.05) is 0 Å². The fourth-order valence-corrected chi connectivity index (χ4v) is 1.74. The Morgan fingerprint density at radius 1 is 1.46 bits per heavy atom. The maximum atomic E-state index is 9.33. The summed E-state index contributed by atoms with van der Waals surface area (Å²) in [5, 5.41) is 27.1. The number of rotatable bonds is 2. The summed E-state index contributed by atoms with van der Waals surface area (Å²) in [5.41, 5.74) is 3.48. The van der Waals surface area contributed by atoms with Crippen LogP contribution < -0.4 is 5.48 Å². The van der Waals surface area contributed by atoms with E-state index in [1.54, 1.807) is 6.92 Å². The third-order valence-electron chi connectivity index (χ3n) is 1.80. The van der Waals surface area contributed by atoms with Crippen LogP contribution in [0.1, 0.15) is 11.1 Å². The Bertz CT molecular complexity index is 328. The zero-order valence-electron chi connectivity index (χ0n) is 7.00. The second-order valence-electron chi connectivity index (χ2n) is 2.69. The van der Waals surface area contributed by atoms with Crippen LogP contribution in [0.15, 0.2) is 10.5 Å². The molecule has 0 aliphatic carbocycles. The average Bonchev–Trinajstić information content (AvgIpc) is 2.09. The average molecular weight is 248 g/mol. The molecule has 72 valence electrons. The third-order valence-corrected chi connectivity index (χ3v) is 2.65. The van der Waals surface area contributed by atoms with Gasteiger partial charge in [0.25, 0.3) is 0 Å². The van der Waals surface area contributed by atoms with Gasteiger partial charge in [-0.05, 0) is 40.0 Å². The summed E-state index contributed by atoms with van der Waals surface area (Å²) >= 11 is 3.12. The van der Waals surface area contributed by atoms with Crippen molar-refractivity contribution in [1.29, 1.82) is 0 Å². The highest BCUT2D eigenvalue weighted by molar-refractivity contribution is 9.10. The van der Waals surface area contributed by atoms with Gasteiger partial charge in [-0.15, -0.1) is 0 Å². The monoisotopic (exact) mass is 247 g/mol. The van der Waals surface area contributed by atoms with Crippen LogP contribution in [0.5, 0.6) is 11.5 Å². The number of benzene rings is 1. The Morgan fingerprint density at radius 3 is 2.62 bits per heavy atom. The minimum absolute atomic E-state index is 0.175. The summed E-state index contributed by atoms with van der Waals surface area (Å²) in [7, 11) is 0. The van der Waals surface area contributed by atoms with E-state index in [4.69, 9.17) is 5.21 Å². The zero-order valence-corrected chi connectivity index (χ0v) is 8.59. The summed E-state index contributed by atoms with van der Waals surface area (Å²) in [5.74, 6) is -0.387. The van der Waals surface area contributed by atoms with Gasteiger partial charge in [0.2, 0.25) is 0 Å². The Kier molecular flexibility index (Phi) is 3.13. The van der Waals surface area contributed by atoms with E-state index >= 15 is 0 Å². The van der Waals surface area contributed by atoms with Crippen molar-refractivity contribution in [3.8, 4) is 11.5 Å². The minimum atomic E-state index is -0.212. The first kappa shape index (κ1) is 10.3. The molecule has 0 saturated carbocycles. The molecular weight excluding hydrogens is 238 g/mol. The molecule has 1 aromatic carbocycles. The first-order chi connectivity index (χ1) is 6.07. The number of phenols is 2. The smallest absolute Gasteiger partial charge is 0.172 e.